The highest BCUT2D eigenvalue weighted by Crippen LogP contribution is 2.40. The van der Waals surface area contributed by atoms with E-state index in [0.717, 1.165) is 16.5 Å². The summed E-state index contributed by atoms with van der Waals surface area (Å²) in [5.41, 5.74) is 2.85. The first-order chi connectivity index (χ1) is 12.6. The van der Waals surface area contributed by atoms with E-state index in [2.05, 4.69) is 10.6 Å². The zero-order chi connectivity index (χ0) is 18.3. The summed E-state index contributed by atoms with van der Waals surface area (Å²) in [6.45, 7) is 2.55. The van der Waals surface area contributed by atoms with Crippen molar-refractivity contribution in [2.75, 3.05) is 22.1 Å². The van der Waals surface area contributed by atoms with E-state index in [1.807, 2.05) is 37.3 Å². The molecule has 6 heteroatoms. The zero-order valence-electron chi connectivity index (χ0n) is 14.0. The lowest BCUT2D eigenvalue weighted by molar-refractivity contribution is 0.0994. The third kappa shape index (κ3) is 2.66. The molecule has 0 bridgehead atoms. The van der Waals surface area contributed by atoms with Crippen LogP contribution in [-0.4, -0.2) is 18.5 Å². The fourth-order valence-electron chi connectivity index (χ4n) is 3.29. The number of urea groups is 1. The molecule has 3 aromatic carbocycles. The number of benzene rings is 3. The molecular weight excluding hydrogens is 350 g/mol. The number of nitrogens with one attached hydrogen (secondary N) is 2. The summed E-state index contributed by atoms with van der Waals surface area (Å²) in [6.07, 6.45) is 0. The van der Waals surface area contributed by atoms with Crippen LogP contribution < -0.4 is 15.5 Å². The van der Waals surface area contributed by atoms with Gasteiger partial charge >= 0.3 is 6.03 Å². The Morgan fingerprint density at radius 3 is 2.54 bits per heavy atom. The van der Waals surface area contributed by atoms with Crippen LogP contribution in [0.25, 0.3) is 10.8 Å². The van der Waals surface area contributed by atoms with Gasteiger partial charge in [-0.25, -0.2) is 4.79 Å². The molecule has 26 heavy (non-hydrogen) atoms. The van der Waals surface area contributed by atoms with Crippen molar-refractivity contribution in [3.63, 3.8) is 0 Å². The number of halogens is 1. The summed E-state index contributed by atoms with van der Waals surface area (Å²) in [4.78, 5) is 26.6. The summed E-state index contributed by atoms with van der Waals surface area (Å²) in [6, 6.07) is 15.8. The molecule has 0 saturated carbocycles. The van der Waals surface area contributed by atoms with Gasteiger partial charge in [0.1, 0.15) is 0 Å². The Kier molecular flexibility index (Phi) is 4.01. The Labute approximate surface area is 155 Å². The maximum Gasteiger partial charge on any atom is 0.323 e. The molecule has 0 saturated heterocycles. The molecule has 1 aliphatic heterocycles. The van der Waals surface area contributed by atoms with Gasteiger partial charge in [-0.15, -0.1) is 0 Å². The van der Waals surface area contributed by atoms with Crippen molar-refractivity contribution in [3.8, 4) is 0 Å². The number of anilines is 3. The third-order valence-electron chi connectivity index (χ3n) is 4.45. The van der Waals surface area contributed by atoms with E-state index in [1.165, 1.54) is 0 Å². The molecule has 1 heterocycles. The van der Waals surface area contributed by atoms with E-state index in [4.69, 9.17) is 11.6 Å². The van der Waals surface area contributed by atoms with Gasteiger partial charge in [-0.05, 0) is 49.4 Å². The van der Waals surface area contributed by atoms with E-state index < -0.39 is 0 Å². The Bertz CT molecular complexity index is 1030. The molecule has 0 unspecified atom stereocenters. The van der Waals surface area contributed by atoms with Gasteiger partial charge in [-0.3, -0.25) is 4.79 Å². The van der Waals surface area contributed by atoms with Crippen LogP contribution in [0.2, 0.25) is 5.02 Å². The van der Waals surface area contributed by atoms with Crippen LogP contribution in [0.1, 0.15) is 17.3 Å². The Hall–Kier alpha value is -3.05. The lowest BCUT2D eigenvalue weighted by Gasteiger charge is -2.15. The van der Waals surface area contributed by atoms with E-state index in [9.17, 15) is 9.59 Å². The average Bonchev–Trinajstić information content (AvgIpc) is 2.92. The highest BCUT2D eigenvalue weighted by Gasteiger charge is 2.29. The largest absolute Gasteiger partial charge is 0.323 e. The van der Waals surface area contributed by atoms with Gasteiger partial charge in [0, 0.05) is 33.6 Å². The minimum Gasteiger partial charge on any atom is -0.308 e. The first kappa shape index (κ1) is 16.4. The molecule has 0 aromatic heterocycles. The van der Waals surface area contributed by atoms with Gasteiger partial charge in [0.2, 0.25) is 0 Å². The molecule has 0 radical (unpaired) electrons. The predicted molar refractivity (Wildman–Crippen MR) is 105 cm³/mol. The third-order valence-corrected chi connectivity index (χ3v) is 4.70. The summed E-state index contributed by atoms with van der Waals surface area (Å²) in [5, 5.41) is 7.96. The van der Waals surface area contributed by atoms with Crippen molar-refractivity contribution in [2.24, 2.45) is 0 Å². The van der Waals surface area contributed by atoms with Crippen LogP contribution in [0.3, 0.4) is 0 Å². The lowest BCUT2D eigenvalue weighted by Crippen LogP contribution is -2.25. The monoisotopic (exact) mass is 365 g/mol. The highest BCUT2D eigenvalue weighted by atomic mass is 35.5. The minimum absolute atomic E-state index is 0.00383. The molecule has 130 valence electrons. The molecule has 5 nitrogen and oxygen atoms in total. The molecule has 3 aromatic rings. The highest BCUT2D eigenvalue weighted by molar-refractivity contribution is 6.30. The molecule has 0 fully saturated rings. The van der Waals surface area contributed by atoms with Crippen LogP contribution in [-0.2, 0) is 0 Å². The maximum absolute atomic E-state index is 12.5. The number of carbonyl (C=O) groups excluding carboxylic acids is 2. The van der Waals surface area contributed by atoms with E-state index >= 15 is 0 Å². The molecule has 2 N–H and O–H groups in total. The quantitative estimate of drug-likeness (QED) is 0.676. The van der Waals surface area contributed by atoms with Crippen LogP contribution in [0.4, 0.5) is 21.9 Å². The number of nitrogens with zero attached hydrogens (tertiary/aromatic N) is 1. The molecule has 0 atom stereocenters. The van der Waals surface area contributed by atoms with E-state index in [-0.39, 0.29) is 11.9 Å². The molecule has 3 amide bonds. The number of rotatable bonds is 3. The van der Waals surface area contributed by atoms with Crippen molar-refractivity contribution in [3.05, 3.63) is 65.2 Å². The van der Waals surface area contributed by atoms with Gasteiger partial charge in [-0.2, -0.15) is 0 Å². The fraction of sp³-hybridized carbons (Fsp3) is 0.100. The van der Waals surface area contributed by atoms with Gasteiger partial charge in [0.25, 0.3) is 5.91 Å². The first-order valence-corrected chi connectivity index (χ1v) is 8.67. The second kappa shape index (κ2) is 6.35. The van der Waals surface area contributed by atoms with Gasteiger partial charge in [0.05, 0.1) is 11.4 Å². The van der Waals surface area contributed by atoms with Crippen molar-refractivity contribution >= 4 is 51.4 Å². The van der Waals surface area contributed by atoms with Gasteiger partial charge in [0.15, 0.2) is 0 Å². The number of carbonyl (C=O) groups is 2. The second-order valence-corrected chi connectivity index (χ2v) is 6.43. The topological polar surface area (TPSA) is 61.4 Å². The van der Waals surface area contributed by atoms with Crippen LogP contribution in [0.5, 0.6) is 0 Å². The maximum atomic E-state index is 12.5. The summed E-state index contributed by atoms with van der Waals surface area (Å²) in [7, 11) is 0. The Morgan fingerprint density at radius 1 is 1.04 bits per heavy atom. The molecule has 0 aliphatic carbocycles. The fourth-order valence-corrected chi connectivity index (χ4v) is 3.41. The van der Waals surface area contributed by atoms with E-state index in [0.29, 0.717) is 28.5 Å². The number of hydrogen-bond acceptors (Lipinski definition) is 2. The second-order valence-electron chi connectivity index (χ2n) is 6.00. The van der Waals surface area contributed by atoms with Crippen molar-refractivity contribution in [1.29, 1.82) is 0 Å². The smallest absolute Gasteiger partial charge is 0.308 e. The normalized spacial score (nSPS) is 12.5. The van der Waals surface area contributed by atoms with E-state index in [1.54, 1.807) is 29.2 Å². The van der Waals surface area contributed by atoms with Crippen LogP contribution in [0.15, 0.2) is 54.6 Å². The summed E-state index contributed by atoms with van der Waals surface area (Å²) < 4.78 is 0. The standard InChI is InChI=1S/C20H16ClN3O2/c1-2-24-17-11-10-16(14-4-3-5-15(18(14)17)19(24)25)23-20(26)22-13-8-6-12(21)7-9-13/h3-11H,2H2,1H3,(H2,22,23,26). The van der Waals surface area contributed by atoms with Gasteiger partial charge < -0.3 is 15.5 Å². The summed E-state index contributed by atoms with van der Waals surface area (Å²) >= 11 is 5.85. The number of hydrogen-bond donors (Lipinski definition) is 2. The Balaban J connectivity index is 1.66. The van der Waals surface area contributed by atoms with Crippen molar-refractivity contribution < 1.29 is 9.59 Å². The SMILES string of the molecule is CCN1C(=O)c2cccc3c(NC(=O)Nc4ccc(Cl)cc4)ccc1c23. The van der Waals surface area contributed by atoms with Crippen LogP contribution >= 0.6 is 11.6 Å². The van der Waals surface area contributed by atoms with Crippen molar-refractivity contribution in [2.45, 2.75) is 6.92 Å². The Morgan fingerprint density at radius 2 is 1.81 bits per heavy atom. The number of amides is 3. The molecule has 1 aliphatic rings. The minimum atomic E-state index is -0.357. The lowest BCUT2D eigenvalue weighted by atomic mass is 10.0. The van der Waals surface area contributed by atoms with Gasteiger partial charge in [-0.1, -0.05) is 23.7 Å². The van der Waals surface area contributed by atoms with Crippen molar-refractivity contribution in [1.82, 2.24) is 0 Å². The molecule has 4 rings (SSSR count). The van der Waals surface area contributed by atoms with Crippen LogP contribution in [0, 0.1) is 0 Å². The zero-order valence-corrected chi connectivity index (χ0v) is 14.8. The molecular formula is C20H16ClN3O2. The first-order valence-electron chi connectivity index (χ1n) is 8.29. The molecule has 0 spiro atoms. The summed E-state index contributed by atoms with van der Waals surface area (Å²) in [5.74, 6) is -0.00383. The average molecular weight is 366 g/mol. The predicted octanol–water partition coefficient (Wildman–Crippen LogP) is 5.12.